The predicted molar refractivity (Wildman–Crippen MR) is 87.5 cm³/mol. The molecule has 0 aliphatic heterocycles. The molecule has 1 atom stereocenters. The van der Waals surface area contributed by atoms with Crippen LogP contribution in [-0.4, -0.2) is 4.57 Å². The number of nitrogens with two attached hydrogens (primary N) is 1. The Morgan fingerprint density at radius 3 is 2.80 bits per heavy atom. The SMILES string of the molecule is CC1(C)Cc2c(ccn2-c2ccc(Cl)c(Br)c2)C(N)C1. The van der Waals surface area contributed by atoms with Gasteiger partial charge in [0.1, 0.15) is 0 Å². The topological polar surface area (TPSA) is 30.9 Å². The summed E-state index contributed by atoms with van der Waals surface area (Å²) in [4.78, 5) is 0. The molecule has 3 rings (SSSR count). The predicted octanol–water partition coefficient (Wildman–Crippen LogP) is 4.87. The Morgan fingerprint density at radius 1 is 1.35 bits per heavy atom. The van der Waals surface area contributed by atoms with E-state index in [9.17, 15) is 0 Å². The van der Waals surface area contributed by atoms with E-state index in [-0.39, 0.29) is 11.5 Å². The van der Waals surface area contributed by atoms with E-state index in [1.165, 1.54) is 11.3 Å². The summed E-state index contributed by atoms with van der Waals surface area (Å²) in [5, 5.41) is 0.729. The van der Waals surface area contributed by atoms with Crippen LogP contribution < -0.4 is 5.73 Å². The zero-order valence-corrected chi connectivity index (χ0v) is 14.0. The molecule has 0 radical (unpaired) electrons. The maximum atomic E-state index is 6.32. The fourth-order valence-electron chi connectivity index (χ4n) is 3.11. The highest BCUT2D eigenvalue weighted by Gasteiger charge is 2.32. The highest BCUT2D eigenvalue weighted by Crippen LogP contribution is 2.41. The summed E-state index contributed by atoms with van der Waals surface area (Å²) in [5.41, 5.74) is 10.3. The minimum atomic E-state index is 0.130. The molecule has 0 amide bonds. The molecule has 1 heterocycles. The lowest BCUT2D eigenvalue weighted by atomic mass is 9.74. The van der Waals surface area contributed by atoms with E-state index < -0.39 is 0 Å². The first-order chi connectivity index (χ1) is 9.37. The maximum absolute atomic E-state index is 6.32. The average Bonchev–Trinajstić information content (AvgIpc) is 2.75. The van der Waals surface area contributed by atoms with E-state index in [1.807, 2.05) is 12.1 Å². The lowest BCUT2D eigenvalue weighted by Gasteiger charge is -2.34. The van der Waals surface area contributed by atoms with Crippen LogP contribution in [-0.2, 0) is 6.42 Å². The molecule has 1 aromatic carbocycles. The molecule has 0 spiro atoms. The summed E-state index contributed by atoms with van der Waals surface area (Å²) >= 11 is 9.57. The van der Waals surface area contributed by atoms with Gasteiger partial charge in [0.2, 0.25) is 0 Å². The number of aromatic nitrogens is 1. The van der Waals surface area contributed by atoms with Crippen LogP contribution in [0.3, 0.4) is 0 Å². The highest BCUT2D eigenvalue weighted by molar-refractivity contribution is 9.10. The van der Waals surface area contributed by atoms with Gasteiger partial charge in [-0.25, -0.2) is 0 Å². The number of hydrogen-bond donors (Lipinski definition) is 1. The monoisotopic (exact) mass is 352 g/mol. The maximum Gasteiger partial charge on any atom is 0.0549 e. The molecule has 0 fully saturated rings. The van der Waals surface area contributed by atoms with Crippen molar-refractivity contribution in [3.05, 3.63) is 51.2 Å². The highest BCUT2D eigenvalue weighted by atomic mass is 79.9. The molecule has 1 unspecified atom stereocenters. The van der Waals surface area contributed by atoms with E-state index in [1.54, 1.807) is 0 Å². The van der Waals surface area contributed by atoms with Crippen LogP contribution in [0.25, 0.3) is 5.69 Å². The van der Waals surface area contributed by atoms with Crippen molar-refractivity contribution in [2.45, 2.75) is 32.7 Å². The fourth-order valence-corrected chi connectivity index (χ4v) is 3.60. The Bertz CT molecular complexity index is 660. The van der Waals surface area contributed by atoms with Crippen molar-refractivity contribution in [2.24, 2.45) is 11.1 Å². The summed E-state index contributed by atoms with van der Waals surface area (Å²) in [6.07, 6.45) is 4.19. The summed E-state index contributed by atoms with van der Waals surface area (Å²) in [5.74, 6) is 0. The summed E-state index contributed by atoms with van der Waals surface area (Å²) in [6, 6.07) is 8.29. The summed E-state index contributed by atoms with van der Waals surface area (Å²) < 4.78 is 3.15. The molecule has 1 aliphatic rings. The number of benzene rings is 1. The molecular weight excluding hydrogens is 336 g/mol. The molecule has 2 nitrogen and oxygen atoms in total. The minimum Gasteiger partial charge on any atom is -0.324 e. The Kier molecular flexibility index (Phi) is 3.47. The fraction of sp³-hybridized carbons (Fsp3) is 0.375. The second kappa shape index (κ2) is 4.90. The Hall–Kier alpha value is -0.770. The number of fused-ring (bicyclic) bond motifs is 1. The lowest BCUT2D eigenvalue weighted by Crippen LogP contribution is -2.30. The molecule has 4 heteroatoms. The summed E-state index contributed by atoms with van der Waals surface area (Å²) in [6.45, 7) is 4.57. The number of halogens is 2. The van der Waals surface area contributed by atoms with Crippen molar-refractivity contribution in [1.82, 2.24) is 4.57 Å². The van der Waals surface area contributed by atoms with Crippen molar-refractivity contribution in [3.8, 4) is 5.69 Å². The van der Waals surface area contributed by atoms with Crippen molar-refractivity contribution in [1.29, 1.82) is 0 Å². The van der Waals surface area contributed by atoms with Gasteiger partial charge in [-0.1, -0.05) is 25.4 Å². The molecule has 0 bridgehead atoms. The average molecular weight is 354 g/mol. The van der Waals surface area contributed by atoms with Gasteiger partial charge < -0.3 is 10.3 Å². The molecule has 20 heavy (non-hydrogen) atoms. The van der Waals surface area contributed by atoms with Gasteiger partial charge in [0.05, 0.1) is 5.02 Å². The second-order valence-electron chi connectivity index (χ2n) is 6.34. The van der Waals surface area contributed by atoms with E-state index in [2.05, 4.69) is 52.7 Å². The van der Waals surface area contributed by atoms with Crippen molar-refractivity contribution >= 4 is 27.5 Å². The standard InChI is InChI=1S/C16H18BrClN2/c1-16(2)8-14(19)11-5-6-20(15(11)9-16)10-3-4-13(18)12(17)7-10/h3-7,14H,8-9,19H2,1-2H3. The molecule has 106 valence electrons. The molecule has 2 aromatic rings. The third-order valence-electron chi connectivity index (χ3n) is 4.03. The van der Waals surface area contributed by atoms with E-state index in [4.69, 9.17) is 17.3 Å². The third kappa shape index (κ3) is 2.43. The van der Waals surface area contributed by atoms with Crippen LogP contribution >= 0.6 is 27.5 Å². The van der Waals surface area contributed by atoms with Crippen LogP contribution in [0.5, 0.6) is 0 Å². The third-order valence-corrected chi connectivity index (χ3v) is 5.24. The zero-order chi connectivity index (χ0) is 14.5. The Morgan fingerprint density at radius 2 is 2.10 bits per heavy atom. The summed E-state index contributed by atoms with van der Waals surface area (Å²) in [7, 11) is 0. The first-order valence-corrected chi connectivity index (χ1v) is 7.96. The van der Waals surface area contributed by atoms with Crippen molar-refractivity contribution < 1.29 is 0 Å². The van der Waals surface area contributed by atoms with Crippen molar-refractivity contribution in [2.75, 3.05) is 0 Å². The molecular formula is C16H18BrClN2. The van der Waals surface area contributed by atoms with Crippen molar-refractivity contribution in [3.63, 3.8) is 0 Å². The first-order valence-electron chi connectivity index (χ1n) is 6.78. The van der Waals surface area contributed by atoms with Gasteiger partial charge in [-0.3, -0.25) is 0 Å². The lowest BCUT2D eigenvalue weighted by molar-refractivity contribution is 0.278. The molecule has 2 N–H and O–H groups in total. The number of hydrogen-bond acceptors (Lipinski definition) is 1. The van der Waals surface area contributed by atoms with Gasteiger partial charge in [0.25, 0.3) is 0 Å². The largest absolute Gasteiger partial charge is 0.324 e. The molecule has 0 saturated heterocycles. The Labute approximate surface area is 133 Å². The number of nitrogens with zero attached hydrogens (tertiary/aromatic N) is 1. The second-order valence-corrected chi connectivity index (χ2v) is 7.60. The molecule has 0 saturated carbocycles. The van der Waals surface area contributed by atoms with Crippen LogP contribution in [0.4, 0.5) is 0 Å². The number of rotatable bonds is 1. The zero-order valence-electron chi connectivity index (χ0n) is 11.7. The van der Waals surface area contributed by atoms with Gasteiger partial charge in [0, 0.05) is 28.1 Å². The molecule has 1 aromatic heterocycles. The van der Waals surface area contributed by atoms with Crippen LogP contribution in [0.2, 0.25) is 5.02 Å². The molecule has 1 aliphatic carbocycles. The normalized spacial score (nSPS) is 20.8. The van der Waals surface area contributed by atoms with Gasteiger partial charge in [-0.2, -0.15) is 0 Å². The van der Waals surface area contributed by atoms with Gasteiger partial charge in [0.15, 0.2) is 0 Å². The first kappa shape index (κ1) is 14.2. The van der Waals surface area contributed by atoms with Crippen LogP contribution in [0.15, 0.2) is 34.9 Å². The van der Waals surface area contributed by atoms with Gasteiger partial charge >= 0.3 is 0 Å². The van der Waals surface area contributed by atoms with E-state index >= 15 is 0 Å². The Balaban J connectivity index is 2.10. The van der Waals surface area contributed by atoms with Gasteiger partial charge in [-0.15, -0.1) is 0 Å². The van der Waals surface area contributed by atoms with E-state index in [0.717, 1.165) is 28.0 Å². The van der Waals surface area contributed by atoms with Crippen LogP contribution in [0.1, 0.15) is 37.6 Å². The minimum absolute atomic E-state index is 0.130. The van der Waals surface area contributed by atoms with Crippen LogP contribution in [0, 0.1) is 5.41 Å². The van der Waals surface area contributed by atoms with Gasteiger partial charge in [-0.05, 0) is 64.0 Å². The smallest absolute Gasteiger partial charge is 0.0549 e. The quantitative estimate of drug-likeness (QED) is 0.779. The van der Waals surface area contributed by atoms with E-state index in [0.29, 0.717) is 0 Å².